The maximum atomic E-state index is 12.5. The van der Waals surface area contributed by atoms with Gasteiger partial charge in [0.2, 0.25) is 5.95 Å². The molecule has 3 rings (SSSR count). The lowest BCUT2D eigenvalue weighted by molar-refractivity contribution is 0.251. The van der Waals surface area contributed by atoms with E-state index < -0.39 is 0 Å². The summed E-state index contributed by atoms with van der Waals surface area (Å²) in [7, 11) is 0. The molecule has 0 bridgehead atoms. The molecule has 0 radical (unpaired) electrons. The molecule has 1 aromatic carbocycles. The number of rotatable bonds is 5. The van der Waals surface area contributed by atoms with Crippen LogP contribution in [0.15, 0.2) is 47.3 Å². The number of urea groups is 1. The number of nitrogens with one attached hydrogen (secondary N) is 3. The lowest BCUT2D eigenvalue weighted by atomic mass is 9.92. The third-order valence-electron chi connectivity index (χ3n) is 4.36. The Hall–Kier alpha value is -3.42. The van der Waals surface area contributed by atoms with Crippen LogP contribution in [0.25, 0.3) is 5.95 Å². The van der Waals surface area contributed by atoms with E-state index in [9.17, 15) is 9.59 Å². The van der Waals surface area contributed by atoms with E-state index in [0.717, 1.165) is 11.3 Å². The minimum atomic E-state index is -0.371. The first kappa shape index (κ1) is 20.3. The fraction of sp³-hybridized carbons (Fsp3) is 0.333. The summed E-state index contributed by atoms with van der Waals surface area (Å²) in [6, 6.07) is 12.5. The number of H-pyrrole nitrogens is 1. The minimum Gasteiger partial charge on any atom is -0.334 e. The summed E-state index contributed by atoms with van der Waals surface area (Å²) in [6.45, 7) is 8.39. The van der Waals surface area contributed by atoms with Gasteiger partial charge in [-0.2, -0.15) is 9.78 Å². The Kier molecular flexibility index (Phi) is 5.81. The van der Waals surface area contributed by atoms with E-state index in [0.29, 0.717) is 24.5 Å². The van der Waals surface area contributed by atoms with Crippen molar-refractivity contribution >= 4 is 11.8 Å². The summed E-state index contributed by atoms with van der Waals surface area (Å²) < 4.78 is 1.46. The largest absolute Gasteiger partial charge is 0.334 e. The van der Waals surface area contributed by atoms with Crippen LogP contribution in [0.5, 0.6) is 0 Å². The summed E-state index contributed by atoms with van der Waals surface area (Å²) in [5.74, 6) is 0.695. The number of amides is 2. The van der Waals surface area contributed by atoms with Gasteiger partial charge < -0.3 is 5.32 Å². The average Bonchev–Trinajstić information content (AvgIpc) is 3.11. The lowest BCUT2D eigenvalue weighted by Crippen LogP contribution is -2.29. The van der Waals surface area contributed by atoms with Gasteiger partial charge in [-0.25, -0.2) is 9.78 Å². The Bertz CT molecular complexity index is 1050. The van der Waals surface area contributed by atoms with Gasteiger partial charge in [-0.1, -0.05) is 58.0 Å². The number of nitrogens with zero attached hydrogens (tertiary/aromatic N) is 3. The normalized spacial score (nSPS) is 11.3. The Balaban J connectivity index is 1.89. The summed E-state index contributed by atoms with van der Waals surface area (Å²) in [5, 5.41) is 10.2. The van der Waals surface area contributed by atoms with Crippen molar-refractivity contribution in [1.29, 1.82) is 0 Å². The molecule has 0 saturated carbocycles. The number of aryl methyl sites for hydroxylation is 1. The molecule has 152 valence electrons. The zero-order valence-corrected chi connectivity index (χ0v) is 17.1. The Morgan fingerprint density at radius 3 is 2.55 bits per heavy atom. The minimum absolute atomic E-state index is 0.245. The van der Waals surface area contributed by atoms with Crippen LogP contribution in [0.1, 0.15) is 44.6 Å². The Labute approximate surface area is 169 Å². The Morgan fingerprint density at radius 1 is 1.17 bits per heavy atom. The molecule has 0 spiro atoms. The maximum Gasteiger partial charge on any atom is 0.320 e. The van der Waals surface area contributed by atoms with Crippen LogP contribution in [-0.4, -0.2) is 25.8 Å². The van der Waals surface area contributed by atoms with E-state index in [4.69, 9.17) is 0 Å². The van der Waals surface area contributed by atoms with E-state index >= 15 is 0 Å². The smallest absolute Gasteiger partial charge is 0.320 e. The van der Waals surface area contributed by atoms with Gasteiger partial charge in [-0.3, -0.25) is 15.1 Å². The predicted molar refractivity (Wildman–Crippen MR) is 112 cm³/mol. The molecule has 3 aromatic rings. The van der Waals surface area contributed by atoms with Crippen molar-refractivity contribution in [2.75, 3.05) is 5.32 Å². The molecule has 8 heteroatoms. The van der Waals surface area contributed by atoms with Crippen molar-refractivity contribution in [2.45, 2.75) is 46.1 Å². The SMILES string of the molecule is CCc1cc(=O)[nH]c(-n2nc(C(C)(C)C)cc2NC(=O)NCc2ccccc2)n1. The monoisotopic (exact) mass is 394 g/mol. The summed E-state index contributed by atoms with van der Waals surface area (Å²) in [4.78, 5) is 31.6. The molecular weight excluding hydrogens is 368 g/mol. The van der Waals surface area contributed by atoms with Crippen LogP contribution in [-0.2, 0) is 18.4 Å². The van der Waals surface area contributed by atoms with Crippen molar-refractivity contribution in [3.05, 3.63) is 69.8 Å². The first-order valence-corrected chi connectivity index (χ1v) is 9.56. The van der Waals surface area contributed by atoms with E-state index in [-0.39, 0.29) is 23.0 Å². The number of hydrogen-bond donors (Lipinski definition) is 3. The number of anilines is 1. The van der Waals surface area contributed by atoms with Crippen molar-refractivity contribution in [2.24, 2.45) is 0 Å². The quantitative estimate of drug-likeness (QED) is 0.618. The van der Waals surface area contributed by atoms with Gasteiger partial charge in [0.15, 0.2) is 0 Å². The molecule has 0 atom stereocenters. The molecule has 8 nitrogen and oxygen atoms in total. The highest BCUT2D eigenvalue weighted by Gasteiger charge is 2.22. The third kappa shape index (κ3) is 5.10. The molecule has 0 aliphatic carbocycles. The number of carbonyl (C=O) groups is 1. The number of benzene rings is 1. The first-order valence-electron chi connectivity index (χ1n) is 9.56. The van der Waals surface area contributed by atoms with Gasteiger partial charge in [-0.05, 0) is 12.0 Å². The molecule has 29 heavy (non-hydrogen) atoms. The van der Waals surface area contributed by atoms with Crippen LogP contribution < -0.4 is 16.2 Å². The molecule has 0 fully saturated rings. The Morgan fingerprint density at radius 2 is 1.90 bits per heavy atom. The fourth-order valence-corrected chi connectivity index (χ4v) is 2.71. The highest BCUT2D eigenvalue weighted by Crippen LogP contribution is 2.25. The second kappa shape index (κ2) is 8.30. The number of aromatic nitrogens is 4. The average molecular weight is 394 g/mol. The van der Waals surface area contributed by atoms with E-state index in [1.165, 1.54) is 10.7 Å². The van der Waals surface area contributed by atoms with Crippen LogP contribution in [0.4, 0.5) is 10.6 Å². The second-order valence-corrected chi connectivity index (χ2v) is 7.78. The molecule has 2 amide bonds. The predicted octanol–water partition coefficient (Wildman–Crippen LogP) is 3.14. The highest BCUT2D eigenvalue weighted by molar-refractivity contribution is 5.88. The van der Waals surface area contributed by atoms with Crippen molar-refractivity contribution in [3.63, 3.8) is 0 Å². The molecule has 2 heterocycles. The highest BCUT2D eigenvalue weighted by atomic mass is 16.2. The molecule has 0 unspecified atom stereocenters. The van der Waals surface area contributed by atoms with Gasteiger partial charge in [0, 0.05) is 29.8 Å². The molecule has 0 aliphatic rings. The zero-order chi connectivity index (χ0) is 21.0. The molecule has 3 N–H and O–H groups in total. The van der Waals surface area contributed by atoms with Crippen LogP contribution in [0, 0.1) is 0 Å². The molecule has 0 aliphatic heterocycles. The fourth-order valence-electron chi connectivity index (χ4n) is 2.71. The van der Waals surface area contributed by atoms with Crippen LogP contribution >= 0.6 is 0 Å². The summed E-state index contributed by atoms with van der Waals surface area (Å²) in [5.41, 5.74) is 1.90. The van der Waals surface area contributed by atoms with E-state index in [1.807, 2.05) is 58.0 Å². The topological polar surface area (TPSA) is 105 Å². The van der Waals surface area contributed by atoms with Gasteiger partial charge in [0.1, 0.15) is 5.82 Å². The number of hydrogen-bond acceptors (Lipinski definition) is 4. The third-order valence-corrected chi connectivity index (χ3v) is 4.36. The van der Waals surface area contributed by atoms with Gasteiger partial charge >= 0.3 is 6.03 Å². The van der Waals surface area contributed by atoms with E-state index in [1.54, 1.807) is 6.07 Å². The summed E-state index contributed by atoms with van der Waals surface area (Å²) >= 11 is 0. The van der Waals surface area contributed by atoms with Gasteiger partial charge in [-0.15, -0.1) is 0 Å². The number of carbonyl (C=O) groups excluding carboxylic acids is 1. The number of aromatic amines is 1. The molecule has 2 aromatic heterocycles. The zero-order valence-electron chi connectivity index (χ0n) is 17.1. The molecule has 0 saturated heterocycles. The molecular formula is C21H26N6O2. The first-order chi connectivity index (χ1) is 13.8. The van der Waals surface area contributed by atoms with E-state index in [2.05, 4.69) is 25.7 Å². The standard InChI is InChI=1S/C21H26N6O2/c1-5-15-11-18(28)25-19(23-15)27-17(12-16(26-27)21(2,3)4)24-20(29)22-13-14-9-7-6-8-10-14/h6-12H,5,13H2,1-4H3,(H2,22,24,29)(H,23,25,28). The van der Waals surface area contributed by atoms with Crippen LogP contribution in [0.2, 0.25) is 0 Å². The lowest BCUT2D eigenvalue weighted by Gasteiger charge is -2.13. The van der Waals surface area contributed by atoms with Crippen molar-refractivity contribution < 1.29 is 4.79 Å². The van der Waals surface area contributed by atoms with Crippen molar-refractivity contribution in [1.82, 2.24) is 25.1 Å². The second-order valence-electron chi connectivity index (χ2n) is 7.78. The summed E-state index contributed by atoms with van der Waals surface area (Å²) in [6.07, 6.45) is 0.616. The van der Waals surface area contributed by atoms with Crippen molar-refractivity contribution in [3.8, 4) is 5.95 Å². The maximum absolute atomic E-state index is 12.5. The van der Waals surface area contributed by atoms with Gasteiger partial charge in [0.25, 0.3) is 5.56 Å². The van der Waals surface area contributed by atoms with Gasteiger partial charge in [0.05, 0.1) is 5.69 Å². The van der Waals surface area contributed by atoms with Crippen LogP contribution in [0.3, 0.4) is 0 Å².